The largest absolute Gasteiger partial charge is 0.457 e. The summed E-state index contributed by atoms with van der Waals surface area (Å²) in [6.07, 6.45) is 1.11. The van der Waals surface area contributed by atoms with Crippen molar-refractivity contribution in [3.63, 3.8) is 0 Å². The van der Waals surface area contributed by atoms with Gasteiger partial charge in [0.05, 0.1) is 10.6 Å². The molecule has 3 nitrogen and oxygen atoms in total. The first kappa shape index (κ1) is 9.21. The molecule has 0 bridgehead atoms. The van der Waals surface area contributed by atoms with Crippen molar-refractivity contribution in [3.8, 4) is 0 Å². The molecule has 0 amide bonds. The van der Waals surface area contributed by atoms with Gasteiger partial charge in [0, 0.05) is 12.0 Å². The lowest BCUT2D eigenvalue weighted by Crippen LogP contribution is -1.96. The van der Waals surface area contributed by atoms with E-state index in [-0.39, 0.29) is 12.6 Å². The van der Waals surface area contributed by atoms with Crippen molar-refractivity contribution in [1.82, 2.24) is 0 Å². The van der Waals surface area contributed by atoms with Crippen LogP contribution in [0.15, 0.2) is 12.1 Å². The summed E-state index contributed by atoms with van der Waals surface area (Å²) in [5, 5.41) is 0.363. The average Bonchev–Trinajstić information content (AvgIpc) is 2.48. The van der Waals surface area contributed by atoms with Crippen molar-refractivity contribution >= 4 is 23.9 Å². The number of benzene rings is 1. The lowest BCUT2D eigenvalue weighted by atomic mass is 10.0. The number of fused-ring (bicyclic) bond motifs is 1. The van der Waals surface area contributed by atoms with Crippen LogP contribution >= 0.6 is 11.6 Å². The van der Waals surface area contributed by atoms with Crippen molar-refractivity contribution in [1.29, 1.82) is 0 Å². The molecule has 1 aliphatic heterocycles. The highest BCUT2D eigenvalue weighted by Gasteiger charge is 2.24. The maximum atomic E-state index is 11.2. The van der Waals surface area contributed by atoms with Gasteiger partial charge >= 0.3 is 5.97 Å². The summed E-state index contributed by atoms with van der Waals surface area (Å²) in [5.41, 5.74) is 2.00. The molecular formula is C10H7ClO3. The van der Waals surface area contributed by atoms with E-state index in [1.165, 1.54) is 0 Å². The summed E-state index contributed by atoms with van der Waals surface area (Å²) in [4.78, 5) is 21.5. The summed E-state index contributed by atoms with van der Waals surface area (Å²) in [5.74, 6) is -0.386. The quantitative estimate of drug-likeness (QED) is 0.552. The van der Waals surface area contributed by atoms with Crippen LogP contribution in [0.2, 0.25) is 5.02 Å². The third kappa shape index (κ3) is 1.40. The van der Waals surface area contributed by atoms with Gasteiger partial charge in [-0.3, -0.25) is 0 Å². The van der Waals surface area contributed by atoms with Gasteiger partial charge in [0.15, 0.2) is 0 Å². The second-order valence-electron chi connectivity index (χ2n) is 3.06. The van der Waals surface area contributed by atoms with E-state index >= 15 is 0 Å². The van der Waals surface area contributed by atoms with Crippen molar-refractivity contribution < 1.29 is 14.3 Å². The van der Waals surface area contributed by atoms with Crippen LogP contribution in [0.25, 0.3) is 0 Å². The minimum atomic E-state index is -0.386. The van der Waals surface area contributed by atoms with Crippen LogP contribution in [0, 0.1) is 0 Å². The Hall–Kier alpha value is -1.35. The SMILES string of the molecule is O=CCc1cc(Cl)c2c(c1)COC2=O. The first-order chi connectivity index (χ1) is 6.72. The van der Waals surface area contributed by atoms with E-state index in [0.717, 1.165) is 17.4 Å². The molecule has 72 valence electrons. The fourth-order valence-electron chi connectivity index (χ4n) is 1.50. The second kappa shape index (κ2) is 3.42. The number of carbonyl (C=O) groups is 2. The number of hydrogen-bond donors (Lipinski definition) is 0. The van der Waals surface area contributed by atoms with E-state index in [1.54, 1.807) is 12.1 Å². The predicted octanol–water partition coefficient (Wildman–Crippen LogP) is 1.75. The maximum absolute atomic E-state index is 11.2. The minimum absolute atomic E-state index is 0.251. The molecule has 1 aromatic rings. The number of aldehydes is 1. The molecule has 4 heteroatoms. The van der Waals surface area contributed by atoms with E-state index in [1.807, 2.05) is 0 Å². The van der Waals surface area contributed by atoms with Crippen LogP contribution in [-0.2, 0) is 22.6 Å². The molecule has 2 rings (SSSR count). The van der Waals surface area contributed by atoms with Gasteiger partial charge in [-0.05, 0) is 11.6 Å². The van der Waals surface area contributed by atoms with Crippen molar-refractivity contribution in [2.45, 2.75) is 13.0 Å². The van der Waals surface area contributed by atoms with Crippen LogP contribution in [0.4, 0.5) is 0 Å². The van der Waals surface area contributed by atoms with Gasteiger partial charge in [-0.1, -0.05) is 17.7 Å². The van der Waals surface area contributed by atoms with E-state index < -0.39 is 0 Å². The smallest absolute Gasteiger partial charge is 0.340 e. The van der Waals surface area contributed by atoms with E-state index in [2.05, 4.69) is 0 Å². The Labute approximate surface area is 85.6 Å². The fourth-order valence-corrected chi connectivity index (χ4v) is 1.84. The molecule has 0 saturated carbocycles. The number of cyclic esters (lactones) is 1. The monoisotopic (exact) mass is 210 g/mol. The Morgan fingerprint density at radius 3 is 3.00 bits per heavy atom. The fraction of sp³-hybridized carbons (Fsp3) is 0.200. The van der Waals surface area contributed by atoms with Crippen molar-refractivity contribution in [2.24, 2.45) is 0 Å². The predicted molar refractivity (Wildman–Crippen MR) is 50.3 cm³/mol. The molecule has 0 aliphatic carbocycles. The Morgan fingerprint density at radius 2 is 2.29 bits per heavy atom. The average molecular weight is 211 g/mol. The minimum Gasteiger partial charge on any atom is -0.457 e. The Kier molecular flexibility index (Phi) is 2.25. The van der Waals surface area contributed by atoms with Crippen LogP contribution in [0.1, 0.15) is 21.5 Å². The topological polar surface area (TPSA) is 43.4 Å². The van der Waals surface area contributed by atoms with Gasteiger partial charge in [0.25, 0.3) is 0 Å². The lowest BCUT2D eigenvalue weighted by Gasteiger charge is -2.01. The van der Waals surface area contributed by atoms with Crippen LogP contribution < -0.4 is 0 Å². The molecule has 0 unspecified atom stereocenters. The molecule has 0 radical (unpaired) electrons. The molecule has 0 spiro atoms. The third-order valence-electron chi connectivity index (χ3n) is 2.11. The number of ether oxygens (including phenoxy) is 1. The summed E-state index contributed by atoms with van der Waals surface area (Å²) in [6.45, 7) is 0.251. The molecule has 1 heterocycles. The molecule has 0 fully saturated rings. The normalized spacial score (nSPS) is 13.6. The van der Waals surface area contributed by atoms with Crippen LogP contribution in [0.5, 0.6) is 0 Å². The third-order valence-corrected chi connectivity index (χ3v) is 2.41. The van der Waals surface area contributed by atoms with Crippen LogP contribution in [0.3, 0.4) is 0 Å². The first-order valence-corrected chi connectivity index (χ1v) is 4.52. The zero-order valence-corrected chi connectivity index (χ0v) is 8.00. The number of carbonyl (C=O) groups excluding carboxylic acids is 2. The van der Waals surface area contributed by atoms with Crippen LogP contribution in [-0.4, -0.2) is 12.3 Å². The van der Waals surface area contributed by atoms with Gasteiger partial charge in [0.2, 0.25) is 0 Å². The summed E-state index contributed by atoms with van der Waals surface area (Å²) in [7, 11) is 0. The van der Waals surface area contributed by atoms with Gasteiger partial charge in [-0.2, -0.15) is 0 Å². The standard InChI is InChI=1S/C10H7ClO3/c11-8-4-6(1-2-12)3-7-5-14-10(13)9(7)8/h2-4H,1,5H2. The highest BCUT2D eigenvalue weighted by molar-refractivity contribution is 6.34. The first-order valence-electron chi connectivity index (χ1n) is 4.14. The molecule has 1 aliphatic rings. The van der Waals surface area contributed by atoms with Gasteiger partial charge < -0.3 is 9.53 Å². The zero-order valence-electron chi connectivity index (χ0n) is 7.25. The van der Waals surface area contributed by atoms with Gasteiger partial charge in [-0.15, -0.1) is 0 Å². The van der Waals surface area contributed by atoms with E-state index in [4.69, 9.17) is 16.3 Å². The Balaban J connectivity index is 2.50. The highest BCUT2D eigenvalue weighted by Crippen LogP contribution is 2.28. The molecule has 0 saturated heterocycles. The molecule has 0 N–H and O–H groups in total. The number of esters is 1. The Bertz CT molecular complexity index is 412. The maximum Gasteiger partial charge on any atom is 0.340 e. The van der Waals surface area contributed by atoms with E-state index in [9.17, 15) is 9.59 Å². The summed E-state index contributed by atoms with van der Waals surface area (Å²) < 4.78 is 4.83. The van der Waals surface area contributed by atoms with Crippen molar-refractivity contribution in [2.75, 3.05) is 0 Å². The van der Waals surface area contributed by atoms with Gasteiger partial charge in [0.1, 0.15) is 12.9 Å². The number of halogens is 1. The molecule has 0 aromatic heterocycles. The molecule has 14 heavy (non-hydrogen) atoms. The summed E-state index contributed by atoms with van der Waals surface area (Å²) in [6, 6.07) is 3.40. The van der Waals surface area contributed by atoms with Gasteiger partial charge in [-0.25, -0.2) is 4.79 Å². The summed E-state index contributed by atoms with van der Waals surface area (Å²) >= 11 is 5.89. The zero-order chi connectivity index (χ0) is 10.1. The Morgan fingerprint density at radius 1 is 1.50 bits per heavy atom. The number of rotatable bonds is 2. The molecular weight excluding hydrogens is 204 g/mol. The number of hydrogen-bond acceptors (Lipinski definition) is 3. The lowest BCUT2D eigenvalue weighted by molar-refractivity contribution is -0.107. The molecule has 0 atom stereocenters. The second-order valence-corrected chi connectivity index (χ2v) is 3.47. The van der Waals surface area contributed by atoms with Crippen molar-refractivity contribution in [3.05, 3.63) is 33.8 Å². The highest BCUT2D eigenvalue weighted by atomic mass is 35.5. The molecule has 1 aromatic carbocycles. The van der Waals surface area contributed by atoms with E-state index in [0.29, 0.717) is 17.0 Å².